The molecular formula is C21H26N4O5S. The van der Waals surface area contributed by atoms with Crippen LogP contribution >= 0.6 is 0 Å². The summed E-state index contributed by atoms with van der Waals surface area (Å²) >= 11 is 0. The summed E-state index contributed by atoms with van der Waals surface area (Å²) in [7, 11) is 1.52. The van der Waals surface area contributed by atoms with Crippen LogP contribution in [-0.4, -0.2) is 63.0 Å². The zero-order valence-corrected chi connectivity index (χ0v) is 18.7. The first kappa shape index (κ1) is 22.7. The van der Waals surface area contributed by atoms with E-state index in [9.17, 15) is 23.1 Å². The molecule has 0 aliphatic carbocycles. The summed E-state index contributed by atoms with van der Waals surface area (Å²) < 4.78 is 26.6. The first-order valence-corrected chi connectivity index (χ1v) is 11.2. The van der Waals surface area contributed by atoms with E-state index < -0.39 is 16.0 Å². The Hall–Kier alpha value is -2.95. The Balaban J connectivity index is 2.10. The van der Waals surface area contributed by atoms with Crippen molar-refractivity contribution in [3.63, 3.8) is 0 Å². The Kier molecular flexibility index (Phi) is 6.35. The number of fused-ring (bicyclic) bond motifs is 1. The molecule has 1 aromatic heterocycles. The molecule has 1 aliphatic heterocycles. The number of hydrogen-bond acceptors (Lipinski definition) is 5. The number of carbonyl (C=O) groups is 2. The first-order valence-electron chi connectivity index (χ1n) is 9.75. The fraction of sp³-hybridized carbons (Fsp3) is 0.333. The minimum Gasteiger partial charge on any atom is -0.478 e. The van der Waals surface area contributed by atoms with Crippen LogP contribution in [0.5, 0.6) is 0 Å². The zero-order chi connectivity index (χ0) is 22.9. The molecule has 0 saturated heterocycles. The second-order valence-corrected chi connectivity index (χ2v) is 9.54. The standard InChI is InChI=1S/C21H26N4O5S/c1-12-19(21(27)28)14(6-5-9-25(3)4)18(23-12)11-16-15-10-13(31(29,30)22-2)7-8-17(15)24-20(16)26/h7-8,10-11,22-23H,5-6,9H2,1-4H3,(H,24,26)(H,27,28)/b16-11-. The Labute approximate surface area is 181 Å². The number of anilines is 1. The van der Waals surface area contributed by atoms with Gasteiger partial charge >= 0.3 is 5.97 Å². The van der Waals surface area contributed by atoms with Gasteiger partial charge in [0, 0.05) is 22.6 Å². The summed E-state index contributed by atoms with van der Waals surface area (Å²) in [6.45, 7) is 2.47. The number of aromatic amines is 1. The number of rotatable bonds is 8. The molecule has 0 saturated carbocycles. The highest BCUT2D eigenvalue weighted by Gasteiger charge is 2.28. The normalized spacial score (nSPS) is 14.9. The van der Waals surface area contributed by atoms with E-state index in [4.69, 9.17) is 0 Å². The highest BCUT2D eigenvalue weighted by atomic mass is 32.2. The Morgan fingerprint density at radius 3 is 2.61 bits per heavy atom. The van der Waals surface area contributed by atoms with Crippen LogP contribution in [0.3, 0.4) is 0 Å². The van der Waals surface area contributed by atoms with Crippen LogP contribution in [0, 0.1) is 6.92 Å². The van der Waals surface area contributed by atoms with Crippen molar-refractivity contribution in [1.82, 2.24) is 14.6 Å². The smallest absolute Gasteiger partial charge is 0.337 e. The molecule has 2 heterocycles. The van der Waals surface area contributed by atoms with Crippen LogP contribution in [0.4, 0.5) is 5.69 Å². The van der Waals surface area contributed by atoms with Gasteiger partial charge in [0.25, 0.3) is 5.91 Å². The molecule has 2 aromatic rings. The molecule has 0 fully saturated rings. The molecule has 4 N–H and O–H groups in total. The van der Waals surface area contributed by atoms with Gasteiger partial charge in [-0.2, -0.15) is 0 Å². The molecule has 0 spiro atoms. The van der Waals surface area contributed by atoms with E-state index in [1.165, 1.54) is 19.2 Å². The molecule has 0 bridgehead atoms. The molecule has 1 aromatic carbocycles. The van der Waals surface area contributed by atoms with Crippen molar-refractivity contribution < 1.29 is 23.1 Å². The van der Waals surface area contributed by atoms with E-state index in [1.54, 1.807) is 19.1 Å². The van der Waals surface area contributed by atoms with Crippen LogP contribution in [0.1, 0.15) is 39.3 Å². The monoisotopic (exact) mass is 446 g/mol. The predicted octanol–water partition coefficient (Wildman–Crippen LogP) is 1.92. The van der Waals surface area contributed by atoms with E-state index >= 15 is 0 Å². The lowest BCUT2D eigenvalue weighted by Gasteiger charge is -2.10. The third-order valence-electron chi connectivity index (χ3n) is 5.21. The van der Waals surface area contributed by atoms with Crippen molar-refractivity contribution >= 4 is 39.2 Å². The largest absolute Gasteiger partial charge is 0.478 e. The average Bonchev–Trinajstić information content (AvgIpc) is 3.17. The number of carboxylic acids is 1. The lowest BCUT2D eigenvalue weighted by Crippen LogP contribution is -2.18. The van der Waals surface area contributed by atoms with Crippen molar-refractivity contribution in [2.45, 2.75) is 24.7 Å². The van der Waals surface area contributed by atoms with Gasteiger partial charge in [-0.15, -0.1) is 0 Å². The number of aryl methyl sites for hydroxylation is 1. The lowest BCUT2D eigenvalue weighted by molar-refractivity contribution is -0.110. The molecule has 3 rings (SSSR count). The molecule has 166 valence electrons. The van der Waals surface area contributed by atoms with Crippen LogP contribution in [0.15, 0.2) is 23.1 Å². The second kappa shape index (κ2) is 8.66. The Morgan fingerprint density at radius 2 is 2.00 bits per heavy atom. The molecule has 0 atom stereocenters. The minimum atomic E-state index is -3.68. The molecule has 0 radical (unpaired) electrons. The maximum absolute atomic E-state index is 12.6. The van der Waals surface area contributed by atoms with Gasteiger partial charge in [0.05, 0.1) is 16.0 Å². The summed E-state index contributed by atoms with van der Waals surface area (Å²) in [5, 5.41) is 12.4. The van der Waals surface area contributed by atoms with Crippen LogP contribution in [0.25, 0.3) is 11.6 Å². The van der Waals surface area contributed by atoms with E-state index in [2.05, 4.69) is 15.0 Å². The van der Waals surface area contributed by atoms with Gasteiger partial charge in [-0.25, -0.2) is 17.9 Å². The number of amides is 1. The van der Waals surface area contributed by atoms with Crippen LogP contribution < -0.4 is 10.0 Å². The molecule has 1 aliphatic rings. The minimum absolute atomic E-state index is 0.0382. The number of nitrogens with one attached hydrogen (secondary N) is 3. The lowest BCUT2D eigenvalue weighted by atomic mass is 10.00. The van der Waals surface area contributed by atoms with Crippen molar-refractivity contribution in [2.75, 3.05) is 33.0 Å². The van der Waals surface area contributed by atoms with Crippen molar-refractivity contribution in [1.29, 1.82) is 0 Å². The fourth-order valence-corrected chi connectivity index (χ4v) is 4.44. The predicted molar refractivity (Wildman–Crippen MR) is 119 cm³/mol. The van der Waals surface area contributed by atoms with Gasteiger partial charge in [0.15, 0.2) is 0 Å². The summed E-state index contributed by atoms with van der Waals surface area (Å²) in [5.41, 5.74) is 3.09. The maximum atomic E-state index is 12.6. The summed E-state index contributed by atoms with van der Waals surface area (Å²) in [6.07, 6.45) is 2.86. The molecule has 9 nitrogen and oxygen atoms in total. The second-order valence-electron chi connectivity index (χ2n) is 7.66. The number of carboxylic acid groups (broad SMARTS) is 1. The molecule has 0 unspecified atom stereocenters. The number of sulfonamides is 1. The number of carbonyl (C=O) groups excluding carboxylic acids is 1. The molecule has 31 heavy (non-hydrogen) atoms. The van der Waals surface area contributed by atoms with E-state index in [-0.39, 0.29) is 21.9 Å². The van der Waals surface area contributed by atoms with Gasteiger partial charge in [-0.05, 0) is 77.3 Å². The third kappa shape index (κ3) is 4.55. The van der Waals surface area contributed by atoms with Crippen molar-refractivity contribution in [2.24, 2.45) is 0 Å². The Bertz CT molecular complexity index is 1180. The number of benzene rings is 1. The number of hydrogen-bond donors (Lipinski definition) is 4. The first-order chi connectivity index (χ1) is 14.5. The number of aromatic nitrogens is 1. The van der Waals surface area contributed by atoms with E-state index in [1.807, 2.05) is 19.0 Å². The fourth-order valence-electron chi connectivity index (χ4n) is 3.69. The average molecular weight is 447 g/mol. The highest BCUT2D eigenvalue weighted by Crippen LogP contribution is 2.35. The quantitative estimate of drug-likeness (QED) is 0.458. The topological polar surface area (TPSA) is 132 Å². The van der Waals surface area contributed by atoms with E-state index in [0.717, 1.165) is 13.0 Å². The maximum Gasteiger partial charge on any atom is 0.337 e. The van der Waals surface area contributed by atoms with Crippen LogP contribution in [0.2, 0.25) is 0 Å². The van der Waals surface area contributed by atoms with Gasteiger partial charge in [0.2, 0.25) is 10.0 Å². The Morgan fingerprint density at radius 1 is 1.29 bits per heavy atom. The van der Waals surface area contributed by atoms with Gasteiger partial charge in [-0.3, -0.25) is 4.79 Å². The number of nitrogens with zero attached hydrogens (tertiary/aromatic N) is 1. The number of aromatic carboxylic acids is 1. The molecular weight excluding hydrogens is 420 g/mol. The van der Waals surface area contributed by atoms with Gasteiger partial charge < -0.3 is 20.3 Å². The SMILES string of the molecule is CNS(=O)(=O)c1ccc2c(c1)/C(=C/c1[nH]c(C)c(C(=O)O)c1CCCN(C)C)C(=O)N2. The van der Waals surface area contributed by atoms with Crippen LogP contribution in [-0.2, 0) is 21.2 Å². The molecule has 10 heteroatoms. The molecule has 1 amide bonds. The van der Waals surface area contributed by atoms with E-state index in [0.29, 0.717) is 34.6 Å². The van der Waals surface area contributed by atoms with Gasteiger partial charge in [-0.1, -0.05) is 0 Å². The third-order valence-corrected chi connectivity index (χ3v) is 6.62. The number of H-pyrrole nitrogens is 1. The zero-order valence-electron chi connectivity index (χ0n) is 17.9. The van der Waals surface area contributed by atoms with Gasteiger partial charge in [0.1, 0.15) is 0 Å². The summed E-state index contributed by atoms with van der Waals surface area (Å²) in [4.78, 5) is 29.6. The summed E-state index contributed by atoms with van der Waals surface area (Å²) in [5.74, 6) is -1.41. The highest BCUT2D eigenvalue weighted by molar-refractivity contribution is 7.89. The summed E-state index contributed by atoms with van der Waals surface area (Å²) in [6, 6.07) is 4.39. The van der Waals surface area contributed by atoms with Crippen molar-refractivity contribution in [3.05, 3.63) is 46.3 Å². The van der Waals surface area contributed by atoms with Crippen molar-refractivity contribution in [3.8, 4) is 0 Å².